The van der Waals surface area contributed by atoms with Gasteiger partial charge in [0.15, 0.2) is 0 Å². The quantitative estimate of drug-likeness (QED) is 0.805. The number of halogens is 2. The molecule has 4 heteroatoms. The number of fused-ring (bicyclic) bond motifs is 1. The lowest BCUT2D eigenvalue weighted by Crippen LogP contribution is -2.12. The topological polar surface area (TPSA) is 35.2 Å². The summed E-state index contributed by atoms with van der Waals surface area (Å²) in [6, 6.07) is 12.2. The Kier molecular flexibility index (Phi) is 3.89. The molecule has 2 aromatic carbocycles. The molecule has 3 rings (SSSR count). The van der Waals surface area contributed by atoms with E-state index in [0.717, 1.165) is 32.2 Å². The van der Waals surface area contributed by atoms with Crippen LogP contribution in [0.1, 0.15) is 29.7 Å². The van der Waals surface area contributed by atoms with E-state index in [2.05, 4.69) is 50.9 Å². The van der Waals surface area contributed by atoms with E-state index < -0.39 is 0 Å². The van der Waals surface area contributed by atoms with Crippen molar-refractivity contribution in [2.45, 2.75) is 25.5 Å². The van der Waals surface area contributed by atoms with Gasteiger partial charge >= 0.3 is 0 Å². The summed E-state index contributed by atoms with van der Waals surface area (Å²) in [5, 5.41) is 0. The van der Waals surface area contributed by atoms with E-state index >= 15 is 0 Å². The Bertz CT molecular complexity index is 657. The fraction of sp³-hybridized carbons (Fsp3) is 0.250. The summed E-state index contributed by atoms with van der Waals surface area (Å²) in [5.74, 6) is 0.989. The molecule has 2 aromatic rings. The molecule has 0 radical (unpaired) electrons. The third kappa shape index (κ3) is 2.65. The lowest BCUT2D eigenvalue weighted by Gasteiger charge is -2.15. The first-order valence-corrected chi connectivity index (χ1v) is 8.13. The van der Waals surface area contributed by atoms with Crippen LogP contribution in [-0.2, 0) is 6.42 Å². The van der Waals surface area contributed by atoms with E-state index in [-0.39, 0.29) is 12.1 Å². The van der Waals surface area contributed by atoms with Crippen LogP contribution in [-0.4, -0.2) is 6.10 Å². The van der Waals surface area contributed by atoms with Gasteiger partial charge in [0.2, 0.25) is 0 Å². The molecular formula is C16H15Br2NO. The van der Waals surface area contributed by atoms with Crippen molar-refractivity contribution >= 4 is 31.9 Å². The van der Waals surface area contributed by atoms with Gasteiger partial charge in [0.05, 0.1) is 6.04 Å². The first kappa shape index (κ1) is 14.1. The molecule has 1 heterocycles. The van der Waals surface area contributed by atoms with Crippen molar-refractivity contribution in [3.63, 3.8) is 0 Å². The van der Waals surface area contributed by atoms with Gasteiger partial charge in [0, 0.05) is 15.4 Å². The van der Waals surface area contributed by atoms with Crippen molar-refractivity contribution in [3.8, 4) is 5.75 Å². The van der Waals surface area contributed by atoms with Crippen molar-refractivity contribution in [3.05, 3.63) is 62.0 Å². The number of ether oxygens (including phenoxy) is 1. The van der Waals surface area contributed by atoms with Gasteiger partial charge in [-0.2, -0.15) is 0 Å². The Morgan fingerprint density at radius 3 is 2.75 bits per heavy atom. The molecule has 0 bridgehead atoms. The fourth-order valence-corrected chi connectivity index (χ4v) is 3.86. The van der Waals surface area contributed by atoms with Gasteiger partial charge in [-0.1, -0.05) is 50.1 Å². The number of hydrogen-bond donors (Lipinski definition) is 1. The number of rotatable bonds is 2. The predicted molar refractivity (Wildman–Crippen MR) is 88.1 cm³/mol. The van der Waals surface area contributed by atoms with Crippen molar-refractivity contribution in [1.82, 2.24) is 0 Å². The molecular weight excluding hydrogens is 382 g/mol. The maximum absolute atomic E-state index is 6.41. The van der Waals surface area contributed by atoms with E-state index in [9.17, 15) is 0 Å². The highest BCUT2D eigenvalue weighted by atomic mass is 79.9. The van der Waals surface area contributed by atoms with Gasteiger partial charge in [-0.25, -0.2) is 0 Å². The lowest BCUT2D eigenvalue weighted by atomic mass is 9.97. The van der Waals surface area contributed by atoms with Crippen LogP contribution >= 0.6 is 31.9 Å². The Morgan fingerprint density at radius 2 is 2.00 bits per heavy atom. The molecule has 0 saturated carbocycles. The molecule has 0 saturated heterocycles. The van der Waals surface area contributed by atoms with Crippen LogP contribution in [0.2, 0.25) is 0 Å². The van der Waals surface area contributed by atoms with E-state index in [4.69, 9.17) is 10.5 Å². The lowest BCUT2D eigenvalue weighted by molar-refractivity contribution is 0.254. The molecule has 0 fully saturated rings. The second-order valence-corrected chi connectivity index (χ2v) is 6.91. The van der Waals surface area contributed by atoms with Crippen molar-refractivity contribution < 1.29 is 4.74 Å². The predicted octanol–water partition coefficient (Wildman–Crippen LogP) is 4.58. The number of nitrogens with two attached hydrogens (primary N) is 1. The Morgan fingerprint density at radius 1 is 1.20 bits per heavy atom. The third-order valence-electron chi connectivity index (χ3n) is 3.58. The summed E-state index contributed by atoms with van der Waals surface area (Å²) in [6.45, 7) is 2.09. The highest BCUT2D eigenvalue weighted by molar-refractivity contribution is 9.11. The molecule has 2 unspecified atom stereocenters. The van der Waals surface area contributed by atoms with Crippen LogP contribution in [0.15, 0.2) is 45.3 Å². The first-order valence-electron chi connectivity index (χ1n) is 6.54. The molecule has 0 spiro atoms. The third-order valence-corrected chi connectivity index (χ3v) is 4.76. The van der Waals surface area contributed by atoms with Gasteiger partial charge in [0.1, 0.15) is 11.9 Å². The molecule has 20 heavy (non-hydrogen) atoms. The highest BCUT2D eigenvalue weighted by Gasteiger charge is 2.21. The largest absolute Gasteiger partial charge is 0.490 e. The van der Waals surface area contributed by atoms with Crippen LogP contribution in [0.3, 0.4) is 0 Å². The molecule has 1 aliphatic rings. The maximum Gasteiger partial charge on any atom is 0.123 e. The molecule has 0 aromatic heterocycles. The molecule has 1 aliphatic heterocycles. The minimum Gasteiger partial charge on any atom is -0.490 e. The molecule has 2 atom stereocenters. The second-order valence-electron chi connectivity index (χ2n) is 5.14. The van der Waals surface area contributed by atoms with E-state index in [1.807, 2.05) is 24.3 Å². The molecule has 2 nitrogen and oxygen atoms in total. The second kappa shape index (κ2) is 5.51. The SMILES string of the molecule is CC1Cc2cc(C(N)c3ccc(Br)cc3Br)ccc2O1. The van der Waals surface area contributed by atoms with Gasteiger partial charge < -0.3 is 10.5 Å². The van der Waals surface area contributed by atoms with Gasteiger partial charge in [0.25, 0.3) is 0 Å². The van der Waals surface area contributed by atoms with E-state index in [1.54, 1.807) is 0 Å². The van der Waals surface area contributed by atoms with Crippen molar-refractivity contribution in [1.29, 1.82) is 0 Å². The number of benzene rings is 2. The summed E-state index contributed by atoms with van der Waals surface area (Å²) < 4.78 is 7.79. The minimum atomic E-state index is -0.140. The summed E-state index contributed by atoms with van der Waals surface area (Å²) in [4.78, 5) is 0. The average Bonchev–Trinajstić information content (AvgIpc) is 2.77. The van der Waals surface area contributed by atoms with Crippen LogP contribution < -0.4 is 10.5 Å². The zero-order valence-corrected chi connectivity index (χ0v) is 14.2. The van der Waals surface area contributed by atoms with Crippen LogP contribution in [0, 0.1) is 0 Å². The van der Waals surface area contributed by atoms with Gasteiger partial charge in [-0.3, -0.25) is 0 Å². The van der Waals surface area contributed by atoms with Gasteiger partial charge in [-0.15, -0.1) is 0 Å². The van der Waals surface area contributed by atoms with Crippen LogP contribution in [0.5, 0.6) is 5.75 Å². The Labute approximate surface area is 135 Å². The molecule has 104 valence electrons. The van der Waals surface area contributed by atoms with E-state index in [1.165, 1.54) is 5.56 Å². The van der Waals surface area contributed by atoms with Crippen molar-refractivity contribution in [2.75, 3.05) is 0 Å². The first-order chi connectivity index (χ1) is 9.54. The average molecular weight is 397 g/mol. The summed E-state index contributed by atoms with van der Waals surface area (Å²) >= 11 is 7.04. The zero-order chi connectivity index (χ0) is 14.3. The Hall–Kier alpha value is -0.840. The summed E-state index contributed by atoms with van der Waals surface area (Å²) in [7, 11) is 0. The highest BCUT2D eigenvalue weighted by Crippen LogP contribution is 2.34. The molecule has 2 N–H and O–H groups in total. The van der Waals surface area contributed by atoms with E-state index in [0.29, 0.717) is 0 Å². The van der Waals surface area contributed by atoms with Crippen LogP contribution in [0.4, 0.5) is 0 Å². The molecule has 0 amide bonds. The maximum atomic E-state index is 6.41. The Balaban J connectivity index is 1.95. The smallest absolute Gasteiger partial charge is 0.123 e. The fourth-order valence-electron chi connectivity index (χ4n) is 2.57. The van der Waals surface area contributed by atoms with Crippen molar-refractivity contribution in [2.24, 2.45) is 5.73 Å². The van der Waals surface area contributed by atoms with Gasteiger partial charge in [-0.05, 0) is 41.8 Å². The number of hydrogen-bond acceptors (Lipinski definition) is 2. The zero-order valence-electron chi connectivity index (χ0n) is 11.1. The monoisotopic (exact) mass is 395 g/mol. The normalized spacial score (nSPS) is 18.5. The minimum absolute atomic E-state index is 0.140. The standard InChI is InChI=1S/C16H15Br2NO/c1-9-6-11-7-10(2-5-15(11)20-9)16(19)13-4-3-12(17)8-14(13)18/h2-5,7-9,16H,6,19H2,1H3. The molecule has 0 aliphatic carbocycles. The summed E-state index contributed by atoms with van der Waals surface area (Å²) in [5.41, 5.74) is 9.86. The van der Waals surface area contributed by atoms with Crippen LogP contribution in [0.25, 0.3) is 0 Å². The summed E-state index contributed by atoms with van der Waals surface area (Å²) in [6.07, 6.45) is 1.22.